The molecule has 9 heteroatoms. The Kier molecular flexibility index (Phi) is 19.2. The fourth-order valence-electron chi connectivity index (χ4n) is 2.74. The summed E-state index contributed by atoms with van der Waals surface area (Å²) in [7, 11) is 3.30. The monoisotopic (exact) mass is 418 g/mol. The summed E-state index contributed by atoms with van der Waals surface area (Å²) in [5, 5.41) is 5.41. The highest BCUT2D eigenvalue weighted by molar-refractivity contribution is 5.77. The molecule has 0 unspecified atom stereocenters. The van der Waals surface area contributed by atoms with Crippen molar-refractivity contribution < 1.29 is 23.8 Å². The molecular formula is C20H42N4O5. The summed E-state index contributed by atoms with van der Waals surface area (Å²) in [6.07, 6.45) is 1.49. The second-order valence-corrected chi connectivity index (χ2v) is 6.47. The molecule has 1 rings (SSSR count). The van der Waals surface area contributed by atoms with Gasteiger partial charge in [-0.05, 0) is 13.0 Å². The summed E-state index contributed by atoms with van der Waals surface area (Å²) in [4.78, 5) is 27.6. The number of methoxy groups -OCH3 is 1. The van der Waals surface area contributed by atoms with Gasteiger partial charge in [-0.15, -0.1) is 0 Å². The predicted octanol–water partition coefficient (Wildman–Crippen LogP) is -0.0478. The van der Waals surface area contributed by atoms with E-state index in [1.165, 1.54) is 0 Å². The van der Waals surface area contributed by atoms with Crippen molar-refractivity contribution in [3.63, 3.8) is 0 Å². The Morgan fingerprint density at radius 3 is 2.14 bits per heavy atom. The summed E-state index contributed by atoms with van der Waals surface area (Å²) in [5.41, 5.74) is 0. The number of ether oxygens (including phenoxy) is 3. The van der Waals surface area contributed by atoms with Crippen molar-refractivity contribution >= 4 is 11.8 Å². The Bertz CT molecular complexity index is 404. The number of carbonyl (C=O) groups is 2. The van der Waals surface area contributed by atoms with Crippen LogP contribution in [0.5, 0.6) is 0 Å². The molecule has 9 nitrogen and oxygen atoms in total. The number of hydrogen-bond donors (Lipinski definition) is 2. The molecule has 1 heterocycles. The number of rotatable bonds is 15. The zero-order chi connectivity index (χ0) is 21.7. The molecule has 1 aliphatic rings. The van der Waals surface area contributed by atoms with Gasteiger partial charge in [-0.1, -0.05) is 13.8 Å². The molecule has 172 valence electrons. The smallest absolute Gasteiger partial charge is 0.246 e. The second-order valence-electron chi connectivity index (χ2n) is 6.47. The van der Waals surface area contributed by atoms with Crippen molar-refractivity contribution in [3.8, 4) is 0 Å². The fraction of sp³-hybridized carbons (Fsp3) is 0.900. The maximum atomic E-state index is 11.6. The van der Waals surface area contributed by atoms with Gasteiger partial charge in [0.25, 0.3) is 0 Å². The van der Waals surface area contributed by atoms with Gasteiger partial charge in [0.15, 0.2) is 0 Å². The molecule has 1 aliphatic heterocycles. The molecule has 1 saturated heterocycles. The van der Waals surface area contributed by atoms with Gasteiger partial charge < -0.3 is 29.7 Å². The van der Waals surface area contributed by atoms with Gasteiger partial charge in [-0.2, -0.15) is 0 Å². The lowest BCUT2D eigenvalue weighted by atomic mass is 10.2. The van der Waals surface area contributed by atoms with Gasteiger partial charge in [-0.3, -0.25) is 14.5 Å². The number of nitrogens with zero attached hydrogens (tertiary/aromatic N) is 2. The van der Waals surface area contributed by atoms with E-state index in [1.54, 1.807) is 14.2 Å². The first kappa shape index (κ1) is 27.7. The third-order valence-electron chi connectivity index (χ3n) is 4.41. The predicted molar refractivity (Wildman–Crippen MR) is 114 cm³/mol. The van der Waals surface area contributed by atoms with Gasteiger partial charge >= 0.3 is 0 Å². The highest BCUT2D eigenvalue weighted by atomic mass is 16.5. The first-order valence-corrected chi connectivity index (χ1v) is 10.7. The van der Waals surface area contributed by atoms with Crippen LogP contribution in [-0.2, 0) is 23.8 Å². The average molecular weight is 419 g/mol. The average Bonchev–Trinajstić information content (AvgIpc) is 2.76. The van der Waals surface area contributed by atoms with E-state index in [0.717, 1.165) is 45.7 Å². The number of nitrogens with one attached hydrogen (secondary N) is 2. The van der Waals surface area contributed by atoms with Crippen molar-refractivity contribution in [2.24, 2.45) is 0 Å². The molecule has 0 spiro atoms. The molecule has 0 aliphatic carbocycles. The van der Waals surface area contributed by atoms with Crippen LogP contribution in [-0.4, -0.2) is 115 Å². The topological polar surface area (TPSA) is 92.4 Å². The van der Waals surface area contributed by atoms with Crippen LogP contribution in [0.2, 0.25) is 0 Å². The van der Waals surface area contributed by atoms with Crippen molar-refractivity contribution in [2.45, 2.75) is 26.7 Å². The van der Waals surface area contributed by atoms with Crippen LogP contribution >= 0.6 is 0 Å². The molecule has 0 saturated carbocycles. The van der Waals surface area contributed by atoms with E-state index in [9.17, 15) is 9.59 Å². The second kappa shape index (κ2) is 20.0. The minimum Gasteiger partial charge on any atom is -0.382 e. The third kappa shape index (κ3) is 16.2. The van der Waals surface area contributed by atoms with E-state index < -0.39 is 0 Å². The molecule has 0 aromatic carbocycles. The summed E-state index contributed by atoms with van der Waals surface area (Å²) in [5.74, 6) is -0.0142. The molecule has 1 fully saturated rings. The van der Waals surface area contributed by atoms with Crippen molar-refractivity contribution in [1.29, 1.82) is 0 Å². The van der Waals surface area contributed by atoms with Crippen LogP contribution in [0.1, 0.15) is 26.7 Å². The lowest BCUT2D eigenvalue weighted by Crippen LogP contribution is -2.47. The van der Waals surface area contributed by atoms with Crippen LogP contribution in [0, 0.1) is 0 Å². The Morgan fingerprint density at radius 1 is 0.862 bits per heavy atom. The van der Waals surface area contributed by atoms with Crippen LogP contribution in [0.15, 0.2) is 0 Å². The molecule has 0 aromatic rings. The number of piperazine rings is 1. The highest BCUT2D eigenvalue weighted by Crippen LogP contribution is 2.03. The van der Waals surface area contributed by atoms with E-state index in [2.05, 4.69) is 20.4 Å². The normalized spacial score (nSPS) is 14.8. The quantitative estimate of drug-likeness (QED) is 0.360. The molecule has 0 radical (unpaired) electrons. The van der Waals surface area contributed by atoms with Gasteiger partial charge in [0.1, 0.15) is 6.61 Å². The van der Waals surface area contributed by atoms with Gasteiger partial charge in [0, 0.05) is 59.8 Å². The van der Waals surface area contributed by atoms with E-state index in [4.69, 9.17) is 14.2 Å². The number of amides is 2. The largest absolute Gasteiger partial charge is 0.382 e. The van der Waals surface area contributed by atoms with Crippen molar-refractivity contribution in [1.82, 2.24) is 20.4 Å². The molecule has 29 heavy (non-hydrogen) atoms. The van der Waals surface area contributed by atoms with Crippen LogP contribution in [0.3, 0.4) is 0 Å². The van der Waals surface area contributed by atoms with Crippen LogP contribution < -0.4 is 10.6 Å². The van der Waals surface area contributed by atoms with E-state index in [0.29, 0.717) is 39.4 Å². The molecular weight excluding hydrogens is 376 g/mol. The Balaban J connectivity index is 0.00000379. The van der Waals surface area contributed by atoms with Crippen LogP contribution in [0.25, 0.3) is 0 Å². The van der Waals surface area contributed by atoms with Crippen LogP contribution in [0.4, 0.5) is 0 Å². The first-order valence-electron chi connectivity index (χ1n) is 10.7. The Hall–Kier alpha value is -1.26. The molecule has 0 atom stereocenters. The molecule has 0 bridgehead atoms. The molecule has 0 aromatic heterocycles. The fourth-order valence-corrected chi connectivity index (χ4v) is 2.74. The zero-order valence-corrected chi connectivity index (χ0v) is 18.8. The van der Waals surface area contributed by atoms with E-state index in [1.807, 2.05) is 13.8 Å². The summed E-state index contributed by atoms with van der Waals surface area (Å²) in [6, 6.07) is 0. The zero-order valence-electron chi connectivity index (χ0n) is 18.8. The molecule has 2 N–H and O–H groups in total. The lowest BCUT2D eigenvalue weighted by Gasteiger charge is -2.34. The van der Waals surface area contributed by atoms with Crippen molar-refractivity contribution in [3.05, 3.63) is 0 Å². The lowest BCUT2D eigenvalue weighted by molar-refractivity contribution is -0.126. The SMILES string of the molecule is CC.CNC(=O)CCCN1CCN(CCOCC(=O)NCCOCCOC)CC1. The number of carbonyl (C=O) groups excluding carboxylic acids is 2. The summed E-state index contributed by atoms with van der Waals surface area (Å²) >= 11 is 0. The van der Waals surface area contributed by atoms with E-state index in [-0.39, 0.29) is 18.4 Å². The van der Waals surface area contributed by atoms with E-state index >= 15 is 0 Å². The highest BCUT2D eigenvalue weighted by Gasteiger charge is 2.16. The van der Waals surface area contributed by atoms with Crippen molar-refractivity contribution in [2.75, 3.05) is 93.0 Å². The van der Waals surface area contributed by atoms with Gasteiger partial charge in [0.05, 0.1) is 26.4 Å². The summed E-state index contributed by atoms with van der Waals surface area (Å²) < 4.78 is 15.6. The third-order valence-corrected chi connectivity index (χ3v) is 4.41. The number of hydrogen-bond acceptors (Lipinski definition) is 7. The first-order chi connectivity index (χ1) is 14.2. The maximum absolute atomic E-state index is 11.6. The Morgan fingerprint density at radius 2 is 1.52 bits per heavy atom. The standard InChI is InChI=1S/C18H36N4O5.C2H6/c1-19-17(23)4-3-6-21-7-9-22(10-8-21)11-13-27-16-18(24)20-5-12-26-15-14-25-2;1-2/h3-16H2,1-2H3,(H,19,23)(H,20,24);1-2H3. The minimum atomic E-state index is -0.119. The minimum absolute atomic E-state index is 0.0809. The summed E-state index contributed by atoms with van der Waals surface area (Å²) in [6.45, 7) is 12.5. The molecule has 2 amide bonds. The Labute approximate surface area is 176 Å². The van der Waals surface area contributed by atoms with Gasteiger partial charge in [0.2, 0.25) is 11.8 Å². The maximum Gasteiger partial charge on any atom is 0.246 e. The van der Waals surface area contributed by atoms with Gasteiger partial charge in [-0.25, -0.2) is 0 Å².